The van der Waals surface area contributed by atoms with Crippen LogP contribution in [0.4, 0.5) is 11.8 Å². The van der Waals surface area contributed by atoms with Crippen LogP contribution in [0.1, 0.15) is 23.7 Å². The molecule has 7 nitrogen and oxygen atoms in total. The fourth-order valence-electron chi connectivity index (χ4n) is 1.80. The van der Waals surface area contributed by atoms with Crippen LogP contribution in [0, 0.1) is 6.92 Å². The van der Waals surface area contributed by atoms with E-state index in [0.717, 1.165) is 16.1 Å². The van der Waals surface area contributed by atoms with Gasteiger partial charge in [-0.15, -0.1) is 11.3 Å². The van der Waals surface area contributed by atoms with Crippen LogP contribution in [-0.4, -0.2) is 25.1 Å². The van der Waals surface area contributed by atoms with Crippen LogP contribution in [0.5, 0.6) is 0 Å². The monoisotopic (exact) mass is 275 g/mol. The van der Waals surface area contributed by atoms with Crippen LogP contribution in [-0.2, 0) is 0 Å². The largest absolute Gasteiger partial charge is 0.368 e. The van der Waals surface area contributed by atoms with Gasteiger partial charge < -0.3 is 11.1 Å². The third kappa shape index (κ3) is 2.22. The summed E-state index contributed by atoms with van der Waals surface area (Å²) in [6, 6.07) is 0.0473. The van der Waals surface area contributed by atoms with E-state index in [2.05, 4.69) is 30.5 Å². The van der Waals surface area contributed by atoms with Crippen molar-refractivity contribution in [2.45, 2.75) is 19.9 Å². The number of hydrogen-bond acceptors (Lipinski definition) is 7. The lowest BCUT2D eigenvalue weighted by Crippen LogP contribution is -2.09. The molecule has 1 atom stereocenters. The van der Waals surface area contributed by atoms with Crippen molar-refractivity contribution in [3.63, 3.8) is 0 Å². The number of fused-ring (bicyclic) bond motifs is 1. The zero-order valence-electron chi connectivity index (χ0n) is 10.5. The van der Waals surface area contributed by atoms with Crippen LogP contribution in [0.2, 0.25) is 0 Å². The summed E-state index contributed by atoms with van der Waals surface area (Å²) in [7, 11) is 0. The quantitative estimate of drug-likeness (QED) is 0.674. The lowest BCUT2D eigenvalue weighted by molar-refractivity contribution is 0.857. The summed E-state index contributed by atoms with van der Waals surface area (Å²) in [6.45, 7) is 4.01. The molecule has 1 unspecified atom stereocenters. The highest BCUT2D eigenvalue weighted by Gasteiger charge is 2.14. The van der Waals surface area contributed by atoms with E-state index in [4.69, 9.17) is 5.73 Å². The fourth-order valence-corrected chi connectivity index (χ4v) is 2.60. The van der Waals surface area contributed by atoms with Crippen molar-refractivity contribution in [2.75, 3.05) is 11.1 Å². The molecular formula is C11H13N7S. The minimum absolute atomic E-state index is 0.0473. The number of rotatable bonds is 3. The molecule has 0 saturated heterocycles. The normalized spacial score (nSPS) is 12.7. The van der Waals surface area contributed by atoms with Gasteiger partial charge in [0.25, 0.3) is 0 Å². The van der Waals surface area contributed by atoms with E-state index < -0.39 is 0 Å². The molecule has 3 aromatic heterocycles. The summed E-state index contributed by atoms with van der Waals surface area (Å²) in [4.78, 5) is 12.7. The Kier molecular flexibility index (Phi) is 2.79. The highest BCUT2D eigenvalue weighted by molar-refractivity contribution is 7.09. The first-order valence-electron chi connectivity index (χ1n) is 5.78. The molecule has 19 heavy (non-hydrogen) atoms. The Morgan fingerprint density at radius 2 is 2.21 bits per heavy atom. The van der Waals surface area contributed by atoms with Crippen molar-refractivity contribution >= 4 is 34.1 Å². The van der Waals surface area contributed by atoms with E-state index in [1.54, 1.807) is 17.5 Å². The van der Waals surface area contributed by atoms with Crippen molar-refractivity contribution in [3.05, 3.63) is 22.3 Å². The maximum Gasteiger partial charge on any atom is 0.224 e. The molecule has 8 heteroatoms. The van der Waals surface area contributed by atoms with Crippen molar-refractivity contribution in [2.24, 2.45) is 0 Å². The number of thiazole rings is 1. The summed E-state index contributed by atoms with van der Waals surface area (Å²) < 4.78 is 0. The van der Waals surface area contributed by atoms with E-state index in [-0.39, 0.29) is 12.0 Å². The van der Waals surface area contributed by atoms with E-state index in [9.17, 15) is 0 Å². The number of nitrogens with zero attached hydrogens (tertiary/aromatic N) is 4. The van der Waals surface area contributed by atoms with Gasteiger partial charge in [-0.2, -0.15) is 15.1 Å². The topological polar surface area (TPSA) is 105 Å². The van der Waals surface area contributed by atoms with Crippen molar-refractivity contribution in [3.8, 4) is 0 Å². The SMILES string of the molecule is Cc1csc(C(C)Nc2nc(N)nc3[nH]ncc23)n1. The van der Waals surface area contributed by atoms with Crippen molar-refractivity contribution < 1.29 is 0 Å². The smallest absolute Gasteiger partial charge is 0.224 e. The van der Waals surface area contributed by atoms with E-state index >= 15 is 0 Å². The first-order valence-corrected chi connectivity index (χ1v) is 6.66. The van der Waals surface area contributed by atoms with Gasteiger partial charge in [0, 0.05) is 11.1 Å². The molecule has 0 spiro atoms. The second-order valence-corrected chi connectivity index (χ2v) is 5.15. The van der Waals surface area contributed by atoms with Crippen LogP contribution in [0.25, 0.3) is 11.0 Å². The van der Waals surface area contributed by atoms with Gasteiger partial charge in [-0.1, -0.05) is 0 Å². The maximum absolute atomic E-state index is 5.68. The molecule has 0 aliphatic heterocycles. The lowest BCUT2D eigenvalue weighted by atomic mass is 10.3. The molecule has 0 fully saturated rings. The molecule has 0 aliphatic rings. The number of H-pyrrole nitrogens is 1. The van der Waals surface area contributed by atoms with Crippen LogP contribution in [0.3, 0.4) is 0 Å². The average molecular weight is 275 g/mol. The lowest BCUT2D eigenvalue weighted by Gasteiger charge is -2.12. The molecule has 0 radical (unpaired) electrons. The Bertz CT molecular complexity index is 717. The van der Waals surface area contributed by atoms with Gasteiger partial charge in [-0.05, 0) is 13.8 Å². The Hall–Kier alpha value is -2.22. The molecule has 0 bridgehead atoms. The second kappa shape index (κ2) is 4.47. The third-order valence-corrected chi connectivity index (χ3v) is 3.83. The minimum Gasteiger partial charge on any atom is -0.368 e. The van der Waals surface area contributed by atoms with Gasteiger partial charge in [-0.25, -0.2) is 4.98 Å². The first kappa shape index (κ1) is 11.8. The Balaban J connectivity index is 1.94. The fraction of sp³-hybridized carbons (Fsp3) is 0.273. The maximum atomic E-state index is 5.68. The van der Waals surface area contributed by atoms with Gasteiger partial charge >= 0.3 is 0 Å². The molecule has 0 saturated carbocycles. The molecule has 0 aliphatic carbocycles. The number of hydrogen-bond donors (Lipinski definition) is 3. The predicted octanol–water partition coefficient (Wildman–Crippen LogP) is 1.87. The number of nitrogens with two attached hydrogens (primary N) is 1. The second-order valence-electron chi connectivity index (χ2n) is 4.26. The van der Waals surface area contributed by atoms with Crippen LogP contribution in [0.15, 0.2) is 11.6 Å². The molecular weight excluding hydrogens is 262 g/mol. The van der Waals surface area contributed by atoms with Crippen molar-refractivity contribution in [1.82, 2.24) is 25.1 Å². The van der Waals surface area contributed by atoms with Gasteiger partial charge in [0.1, 0.15) is 10.8 Å². The predicted molar refractivity (Wildman–Crippen MR) is 75.0 cm³/mol. The van der Waals surface area contributed by atoms with Crippen LogP contribution < -0.4 is 11.1 Å². The zero-order chi connectivity index (χ0) is 13.4. The van der Waals surface area contributed by atoms with Crippen molar-refractivity contribution in [1.29, 1.82) is 0 Å². The van der Waals surface area contributed by atoms with E-state index in [1.165, 1.54) is 0 Å². The summed E-state index contributed by atoms with van der Waals surface area (Å²) in [6.07, 6.45) is 1.68. The average Bonchev–Trinajstić information content (AvgIpc) is 2.97. The van der Waals surface area contributed by atoms with E-state index in [1.807, 2.05) is 19.2 Å². The Morgan fingerprint density at radius 3 is 2.95 bits per heavy atom. The number of anilines is 2. The molecule has 3 heterocycles. The van der Waals surface area contributed by atoms with E-state index in [0.29, 0.717) is 11.5 Å². The highest BCUT2D eigenvalue weighted by Crippen LogP contribution is 2.25. The number of nitrogen functional groups attached to an aromatic ring is 1. The number of aromatic nitrogens is 5. The molecule has 3 aromatic rings. The summed E-state index contributed by atoms with van der Waals surface area (Å²) in [5.41, 5.74) is 7.32. The number of aromatic amines is 1. The Morgan fingerprint density at radius 1 is 1.37 bits per heavy atom. The van der Waals surface area contributed by atoms with Crippen LogP contribution >= 0.6 is 11.3 Å². The number of aryl methyl sites for hydroxylation is 1. The number of nitrogens with one attached hydrogen (secondary N) is 2. The molecule has 0 aromatic carbocycles. The van der Waals surface area contributed by atoms with Gasteiger partial charge in [-0.3, -0.25) is 5.10 Å². The highest BCUT2D eigenvalue weighted by atomic mass is 32.1. The first-order chi connectivity index (χ1) is 9.13. The summed E-state index contributed by atoms with van der Waals surface area (Å²) >= 11 is 1.62. The molecule has 98 valence electrons. The van der Waals surface area contributed by atoms with Gasteiger partial charge in [0.2, 0.25) is 5.95 Å². The standard InChI is InChI=1S/C11H13N7S/c1-5-4-19-10(14-5)6(2)15-8-7-3-13-18-9(7)17-11(12)16-8/h3-4,6H,1-2H3,(H4,12,13,15,16,17,18). The molecule has 0 amide bonds. The summed E-state index contributed by atoms with van der Waals surface area (Å²) in [5.74, 6) is 0.873. The van der Waals surface area contributed by atoms with Gasteiger partial charge in [0.05, 0.1) is 17.6 Å². The van der Waals surface area contributed by atoms with Gasteiger partial charge in [0.15, 0.2) is 5.65 Å². The third-order valence-electron chi connectivity index (χ3n) is 2.69. The summed E-state index contributed by atoms with van der Waals surface area (Å²) in [5, 5.41) is 13.9. The minimum atomic E-state index is 0.0473. The zero-order valence-corrected chi connectivity index (χ0v) is 11.3. The molecule has 4 N–H and O–H groups in total. The Labute approximate surface area is 113 Å². The molecule has 3 rings (SSSR count).